The van der Waals surface area contributed by atoms with Crippen molar-refractivity contribution in [2.75, 3.05) is 6.61 Å². The van der Waals surface area contributed by atoms with Crippen LogP contribution in [0.3, 0.4) is 0 Å². The molecule has 0 heterocycles. The molecule has 0 aliphatic rings. The van der Waals surface area contributed by atoms with Crippen molar-refractivity contribution in [3.8, 4) is 0 Å². The molecule has 0 fully saturated rings. The Morgan fingerprint density at radius 3 is 2.47 bits per heavy atom. The van der Waals surface area contributed by atoms with E-state index in [0.29, 0.717) is 6.42 Å². The van der Waals surface area contributed by atoms with E-state index in [0.717, 1.165) is 9.13 Å². The highest BCUT2D eigenvalue weighted by Crippen LogP contribution is 2.20. The number of rotatable bonds is 4. The zero-order chi connectivity index (χ0) is 14.6. The Balaban J connectivity index is 2.96. The zero-order valence-corrected chi connectivity index (χ0v) is 13.6. The van der Waals surface area contributed by atoms with E-state index >= 15 is 0 Å². The molecule has 2 N–H and O–H groups in total. The van der Waals surface area contributed by atoms with Crippen molar-refractivity contribution in [2.24, 2.45) is 0 Å². The van der Waals surface area contributed by atoms with Gasteiger partial charge in [-0.2, -0.15) is 0 Å². The monoisotopic (exact) mass is 377 g/mol. The number of aliphatic hydroxyl groups excluding tert-OH is 1. The van der Waals surface area contributed by atoms with Crippen LogP contribution in [-0.4, -0.2) is 39.4 Å². The summed E-state index contributed by atoms with van der Waals surface area (Å²) >= 11 is 2.22. The predicted octanol–water partition coefficient (Wildman–Crippen LogP) is 2.97. The first kappa shape index (κ1) is 16.2. The van der Waals surface area contributed by atoms with Gasteiger partial charge in [-0.15, -0.1) is 0 Å². The first-order valence-electron chi connectivity index (χ1n) is 6.13. The summed E-state index contributed by atoms with van der Waals surface area (Å²) < 4.78 is 1.10. The lowest BCUT2D eigenvalue weighted by atomic mass is 9.99. The van der Waals surface area contributed by atoms with Gasteiger partial charge in [-0.05, 0) is 67.5 Å². The SMILES string of the molecule is CC(C)(C)N(C(=O)O)[C@H](CO)Cc1cccc(I)c1. The highest BCUT2D eigenvalue weighted by atomic mass is 127. The third-order valence-corrected chi connectivity index (χ3v) is 3.54. The number of benzene rings is 1. The summed E-state index contributed by atoms with van der Waals surface area (Å²) in [6.45, 7) is 5.31. The number of amides is 1. The molecule has 0 unspecified atom stereocenters. The minimum atomic E-state index is -1.00. The first-order valence-corrected chi connectivity index (χ1v) is 7.21. The van der Waals surface area contributed by atoms with Crippen LogP contribution in [0.15, 0.2) is 24.3 Å². The summed E-state index contributed by atoms with van der Waals surface area (Å²) in [4.78, 5) is 12.7. The van der Waals surface area contributed by atoms with Crippen LogP contribution in [0.5, 0.6) is 0 Å². The van der Waals surface area contributed by atoms with E-state index < -0.39 is 17.7 Å². The van der Waals surface area contributed by atoms with Crippen molar-refractivity contribution in [1.29, 1.82) is 0 Å². The molecule has 1 amide bonds. The predicted molar refractivity (Wildman–Crippen MR) is 83.4 cm³/mol. The molecule has 19 heavy (non-hydrogen) atoms. The first-order chi connectivity index (χ1) is 8.75. The number of halogens is 1. The lowest BCUT2D eigenvalue weighted by Gasteiger charge is -2.39. The summed E-state index contributed by atoms with van der Waals surface area (Å²) in [7, 11) is 0. The number of nitrogens with zero attached hydrogens (tertiary/aromatic N) is 1. The maximum atomic E-state index is 11.4. The van der Waals surface area contributed by atoms with Gasteiger partial charge in [-0.1, -0.05) is 12.1 Å². The van der Waals surface area contributed by atoms with Gasteiger partial charge in [0, 0.05) is 9.11 Å². The van der Waals surface area contributed by atoms with Crippen molar-refractivity contribution in [2.45, 2.75) is 38.8 Å². The van der Waals surface area contributed by atoms with Gasteiger partial charge in [0.2, 0.25) is 0 Å². The molecule has 0 spiro atoms. The molecule has 106 valence electrons. The van der Waals surface area contributed by atoms with Gasteiger partial charge in [0.1, 0.15) is 0 Å². The lowest BCUT2D eigenvalue weighted by Crippen LogP contribution is -2.53. The molecule has 0 radical (unpaired) electrons. The van der Waals surface area contributed by atoms with Crippen molar-refractivity contribution >= 4 is 28.7 Å². The molecule has 5 heteroatoms. The van der Waals surface area contributed by atoms with E-state index in [-0.39, 0.29) is 6.61 Å². The molecule has 0 bridgehead atoms. The van der Waals surface area contributed by atoms with Crippen molar-refractivity contribution < 1.29 is 15.0 Å². The van der Waals surface area contributed by atoms with Crippen LogP contribution in [0.4, 0.5) is 4.79 Å². The highest BCUT2D eigenvalue weighted by Gasteiger charge is 2.32. The summed E-state index contributed by atoms with van der Waals surface area (Å²) in [5.41, 5.74) is 0.489. The van der Waals surface area contributed by atoms with E-state index in [9.17, 15) is 15.0 Å². The minimum Gasteiger partial charge on any atom is -0.465 e. The fourth-order valence-corrected chi connectivity index (χ4v) is 2.77. The van der Waals surface area contributed by atoms with Crippen LogP contribution < -0.4 is 0 Å². The standard InChI is InChI=1S/C14H20INO3/c1-14(2,3)16(13(18)19)12(9-17)8-10-5-4-6-11(15)7-10/h4-7,12,17H,8-9H2,1-3H3,(H,18,19)/t12-/m0/s1. The summed E-state index contributed by atoms with van der Waals surface area (Å²) in [6.07, 6.45) is -0.492. The molecular weight excluding hydrogens is 357 g/mol. The Morgan fingerprint density at radius 2 is 2.05 bits per heavy atom. The lowest BCUT2D eigenvalue weighted by molar-refractivity contribution is 0.0465. The number of carboxylic acid groups (broad SMARTS) is 1. The van der Waals surface area contributed by atoms with Crippen LogP contribution in [0, 0.1) is 3.57 Å². The Kier molecular flexibility index (Phi) is 5.61. The van der Waals surface area contributed by atoms with Crippen LogP contribution in [0.25, 0.3) is 0 Å². The number of carbonyl (C=O) groups is 1. The van der Waals surface area contributed by atoms with E-state index in [1.807, 2.05) is 45.0 Å². The molecular formula is C14H20INO3. The zero-order valence-electron chi connectivity index (χ0n) is 11.4. The van der Waals surface area contributed by atoms with Gasteiger partial charge in [0.05, 0.1) is 12.6 Å². The summed E-state index contributed by atoms with van der Waals surface area (Å²) in [6, 6.07) is 7.44. The average molecular weight is 377 g/mol. The average Bonchev–Trinajstić information content (AvgIpc) is 2.25. The maximum Gasteiger partial charge on any atom is 0.408 e. The highest BCUT2D eigenvalue weighted by molar-refractivity contribution is 14.1. The summed E-state index contributed by atoms with van der Waals surface area (Å²) in [5.74, 6) is 0. The number of aliphatic hydroxyl groups is 1. The number of hydrogen-bond acceptors (Lipinski definition) is 2. The Morgan fingerprint density at radius 1 is 1.42 bits per heavy atom. The van der Waals surface area contributed by atoms with Crippen molar-refractivity contribution in [3.63, 3.8) is 0 Å². The van der Waals surface area contributed by atoms with Crippen molar-refractivity contribution in [3.05, 3.63) is 33.4 Å². The van der Waals surface area contributed by atoms with E-state index in [1.165, 1.54) is 4.90 Å². The normalized spacial score (nSPS) is 13.1. The van der Waals surface area contributed by atoms with Gasteiger partial charge in [0.15, 0.2) is 0 Å². The second kappa shape index (κ2) is 6.56. The maximum absolute atomic E-state index is 11.4. The van der Waals surface area contributed by atoms with Crippen LogP contribution in [-0.2, 0) is 6.42 Å². The molecule has 0 aliphatic heterocycles. The molecule has 0 saturated carbocycles. The van der Waals surface area contributed by atoms with Crippen LogP contribution >= 0.6 is 22.6 Å². The Hall–Kier alpha value is -0.820. The third kappa shape index (κ3) is 4.65. The fraction of sp³-hybridized carbons (Fsp3) is 0.500. The summed E-state index contributed by atoms with van der Waals surface area (Å²) in [5, 5.41) is 18.9. The second-order valence-electron chi connectivity index (χ2n) is 5.49. The molecule has 1 rings (SSSR count). The molecule has 0 saturated heterocycles. The molecule has 0 aliphatic carbocycles. The van der Waals surface area contributed by atoms with E-state index in [1.54, 1.807) is 0 Å². The molecule has 1 aromatic rings. The van der Waals surface area contributed by atoms with Gasteiger partial charge >= 0.3 is 6.09 Å². The Bertz CT molecular complexity index is 443. The van der Waals surface area contributed by atoms with Gasteiger partial charge < -0.3 is 10.2 Å². The molecule has 4 nitrogen and oxygen atoms in total. The topological polar surface area (TPSA) is 60.8 Å². The third-order valence-electron chi connectivity index (χ3n) is 2.87. The van der Waals surface area contributed by atoms with E-state index in [2.05, 4.69) is 22.6 Å². The van der Waals surface area contributed by atoms with Gasteiger partial charge in [0.25, 0.3) is 0 Å². The van der Waals surface area contributed by atoms with Crippen LogP contribution in [0.2, 0.25) is 0 Å². The van der Waals surface area contributed by atoms with Gasteiger partial charge in [-0.25, -0.2) is 4.79 Å². The Labute approximate surface area is 127 Å². The second-order valence-corrected chi connectivity index (χ2v) is 6.74. The molecule has 1 atom stereocenters. The largest absolute Gasteiger partial charge is 0.465 e. The smallest absolute Gasteiger partial charge is 0.408 e. The quantitative estimate of drug-likeness (QED) is 0.794. The molecule has 0 aromatic heterocycles. The number of hydrogen-bond donors (Lipinski definition) is 2. The minimum absolute atomic E-state index is 0.185. The fourth-order valence-electron chi connectivity index (χ4n) is 2.16. The van der Waals surface area contributed by atoms with E-state index in [4.69, 9.17) is 0 Å². The van der Waals surface area contributed by atoms with Crippen LogP contribution in [0.1, 0.15) is 26.3 Å². The van der Waals surface area contributed by atoms with Gasteiger partial charge in [-0.3, -0.25) is 4.90 Å². The molecule has 1 aromatic carbocycles. The van der Waals surface area contributed by atoms with Crippen molar-refractivity contribution in [1.82, 2.24) is 4.90 Å².